The Morgan fingerprint density at radius 1 is 1.14 bits per heavy atom. The van der Waals surface area contributed by atoms with E-state index in [0.717, 1.165) is 5.56 Å². The highest BCUT2D eigenvalue weighted by Crippen LogP contribution is 2.34. The van der Waals surface area contributed by atoms with Crippen molar-refractivity contribution in [2.24, 2.45) is 0 Å². The van der Waals surface area contributed by atoms with Crippen LogP contribution in [-0.2, 0) is 16.0 Å². The zero-order valence-corrected chi connectivity index (χ0v) is 16.9. The average molecular weight is 398 g/mol. The fourth-order valence-electron chi connectivity index (χ4n) is 3.28. The molecule has 0 saturated heterocycles. The topological polar surface area (TPSA) is 77.1 Å². The Hall–Kier alpha value is -3.22. The van der Waals surface area contributed by atoms with Crippen LogP contribution in [0.25, 0.3) is 0 Å². The summed E-state index contributed by atoms with van der Waals surface area (Å²) in [5.74, 6) is 1.52. The van der Waals surface area contributed by atoms with Crippen molar-refractivity contribution in [1.29, 1.82) is 0 Å². The molecule has 2 aromatic carbocycles. The van der Waals surface area contributed by atoms with Crippen molar-refractivity contribution in [1.82, 2.24) is 5.32 Å². The van der Waals surface area contributed by atoms with Gasteiger partial charge in [-0.2, -0.15) is 0 Å². The molecule has 154 valence electrons. The van der Waals surface area contributed by atoms with Gasteiger partial charge in [0.15, 0.2) is 17.6 Å². The van der Waals surface area contributed by atoms with E-state index >= 15 is 0 Å². The second-order valence-electron chi connectivity index (χ2n) is 6.70. The van der Waals surface area contributed by atoms with Crippen LogP contribution in [-0.4, -0.2) is 45.2 Å². The summed E-state index contributed by atoms with van der Waals surface area (Å²) in [5, 5.41) is 2.88. The lowest BCUT2D eigenvalue weighted by atomic mass is 10.1. The first-order valence-electron chi connectivity index (χ1n) is 9.62. The molecular weight excluding hydrogens is 372 g/mol. The summed E-state index contributed by atoms with van der Waals surface area (Å²) >= 11 is 0. The van der Waals surface area contributed by atoms with E-state index in [1.54, 1.807) is 20.3 Å². The molecule has 2 amide bonds. The van der Waals surface area contributed by atoms with Gasteiger partial charge in [-0.15, -0.1) is 0 Å². The quantitative estimate of drug-likeness (QED) is 0.740. The zero-order chi connectivity index (χ0) is 20.8. The van der Waals surface area contributed by atoms with Crippen LogP contribution in [0, 0.1) is 0 Å². The van der Waals surface area contributed by atoms with E-state index < -0.39 is 6.10 Å². The molecule has 7 nitrogen and oxygen atoms in total. The molecule has 1 N–H and O–H groups in total. The van der Waals surface area contributed by atoms with Crippen LogP contribution in [0.15, 0.2) is 42.5 Å². The van der Waals surface area contributed by atoms with Gasteiger partial charge in [0.2, 0.25) is 5.91 Å². The van der Waals surface area contributed by atoms with Crippen molar-refractivity contribution in [3.8, 4) is 17.2 Å². The second kappa shape index (κ2) is 9.32. The van der Waals surface area contributed by atoms with Crippen LogP contribution < -0.4 is 24.4 Å². The number of methoxy groups -OCH3 is 2. The number of benzene rings is 2. The van der Waals surface area contributed by atoms with Gasteiger partial charge in [0.25, 0.3) is 5.91 Å². The second-order valence-corrected chi connectivity index (χ2v) is 6.70. The number of ether oxygens (including phenoxy) is 3. The number of carbonyl (C=O) groups excluding carboxylic acids is 2. The minimum Gasteiger partial charge on any atom is -0.493 e. The molecule has 0 aliphatic carbocycles. The number of nitrogens with zero attached hydrogens (tertiary/aromatic N) is 1. The van der Waals surface area contributed by atoms with Crippen LogP contribution in [0.3, 0.4) is 0 Å². The number of hydrogen-bond donors (Lipinski definition) is 1. The summed E-state index contributed by atoms with van der Waals surface area (Å²) in [6, 6.07) is 12.9. The third-order valence-corrected chi connectivity index (χ3v) is 4.82. The highest BCUT2D eigenvalue weighted by molar-refractivity contribution is 6.03. The van der Waals surface area contributed by atoms with Crippen LogP contribution in [0.1, 0.15) is 18.9 Å². The maximum Gasteiger partial charge on any atom is 0.268 e. The van der Waals surface area contributed by atoms with Crippen molar-refractivity contribution in [3.05, 3.63) is 48.0 Å². The van der Waals surface area contributed by atoms with Gasteiger partial charge in [-0.25, -0.2) is 0 Å². The number of fused-ring (bicyclic) bond motifs is 1. The van der Waals surface area contributed by atoms with E-state index in [1.165, 1.54) is 4.90 Å². The van der Waals surface area contributed by atoms with Gasteiger partial charge in [-0.05, 0) is 42.7 Å². The van der Waals surface area contributed by atoms with Gasteiger partial charge >= 0.3 is 0 Å². The van der Waals surface area contributed by atoms with Crippen molar-refractivity contribution in [3.63, 3.8) is 0 Å². The van der Waals surface area contributed by atoms with Crippen LogP contribution in [0.2, 0.25) is 0 Å². The number of nitrogens with one attached hydrogen (secondary N) is 1. The molecule has 0 saturated carbocycles. The van der Waals surface area contributed by atoms with Gasteiger partial charge in [0.1, 0.15) is 12.3 Å². The summed E-state index contributed by atoms with van der Waals surface area (Å²) in [7, 11) is 3.18. The number of amides is 2. The van der Waals surface area contributed by atoms with E-state index in [-0.39, 0.29) is 18.4 Å². The first-order valence-corrected chi connectivity index (χ1v) is 9.62. The van der Waals surface area contributed by atoms with E-state index in [4.69, 9.17) is 14.2 Å². The average Bonchev–Trinajstić information content (AvgIpc) is 2.75. The molecule has 29 heavy (non-hydrogen) atoms. The molecule has 0 fully saturated rings. The molecule has 0 radical (unpaired) electrons. The first kappa shape index (κ1) is 20.5. The lowest BCUT2D eigenvalue weighted by Gasteiger charge is -2.33. The summed E-state index contributed by atoms with van der Waals surface area (Å²) in [6.07, 6.45) is 0.617. The van der Waals surface area contributed by atoms with Crippen molar-refractivity contribution < 1.29 is 23.8 Å². The number of rotatable bonds is 8. The number of carbonyl (C=O) groups is 2. The molecule has 1 atom stereocenters. The van der Waals surface area contributed by atoms with Gasteiger partial charge in [-0.1, -0.05) is 25.1 Å². The Balaban J connectivity index is 1.60. The fraction of sp³-hybridized carbons (Fsp3) is 0.364. The Bertz CT molecular complexity index is 883. The van der Waals surface area contributed by atoms with E-state index in [9.17, 15) is 9.59 Å². The summed E-state index contributed by atoms with van der Waals surface area (Å²) in [6.45, 7) is 2.30. The third kappa shape index (κ3) is 4.62. The first-order chi connectivity index (χ1) is 14.1. The molecule has 0 bridgehead atoms. The van der Waals surface area contributed by atoms with Gasteiger partial charge < -0.3 is 19.5 Å². The van der Waals surface area contributed by atoms with Gasteiger partial charge in [0, 0.05) is 6.54 Å². The predicted octanol–water partition coefficient (Wildman–Crippen LogP) is 2.57. The molecule has 0 spiro atoms. The number of para-hydroxylation sites is 2. The lowest BCUT2D eigenvalue weighted by molar-refractivity contribution is -0.129. The largest absolute Gasteiger partial charge is 0.493 e. The monoisotopic (exact) mass is 398 g/mol. The van der Waals surface area contributed by atoms with E-state index in [1.807, 2.05) is 43.3 Å². The SMILES string of the molecule is CC[C@@H]1Oc2ccccc2N(CC(=O)NCCc2ccc(OC)c(OC)c2)C1=O. The van der Waals surface area contributed by atoms with Crippen LogP contribution >= 0.6 is 0 Å². The van der Waals surface area contributed by atoms with Crippen LogP contribution in [0.4, 0.5) is 5.69 Å². The zero-order valence-electron chi connectivity index (χ0n) is 16.9. The molecule has 1 heterocycles. The fourth-order valence-corrected chi connectivity index (χ4v) is 3.28. The third-order valence-electron chi connectivity index (χ3n) is 4.82. The Morgan fingerprint density at radius 3 is 2.62 bits per heavy atom. The smallest absolute Gasteiger partial charge is 0.268 e. The molecular formula is C22H26N2O5. The Labute approximate surface area is 170 Å². The molecule has 7 heteroatoms. The molecule has 1 aliphatic heterocycles. The maximum absolute atomic E-state index is 12.7. The molecule has 2 aromatic rings. The highest BCUT2D eigenvalue weighted by atomic mass is 16.5. The number of hydrogen-bond acceptors (Lipinski definition) is 5. The molecule has 0 unspecified atom stereocenters. The van der Waals surface area contributed by atoms with Gasteiger partial charge in [0.05, 0.1) is 19.9 Å². The van der Waals surface area contributed by atoms with Crippen molar-refractivity contribution in [2.45, 2.75) is 25.9 Å². The van der Waals surface area contributed by atoms with E-state index in [2.05, 4.69) is 5.32 Å². The van der Waals surface area contributed by atoms with E-state index in [0.29, 0.717) is 42.3 Å². The minimum atomic E-state index is -0.565. The maximum atomic E-state index is 12.7. The summed E-state index contributed by atoms with van der Waals surface area (Å²) in [5.41, 5.74) is 1.64. The number of anilines is 1. The summed E-state index contributed by atoms with van der Waals surface area (Å²) in [4.78, 5) is 26.7. The molecule has 3 rings (SSSR count). The molecule has 0 aromatic heterocycles. The molecule has 1 aliphatic rings. The Kier molecular flexibility index (Phi) is 6.59. The van der Waals surface area contributed by atoms with Gasteiger partial charge in [-0.3, -0.25) is 14.5 Å². The predicted molar refractivity (Wildman–Crippen MR) is 110 cm³/mol. The van der Waals surface area contributed by atoms with Crippen molar-refractivity contribution in [2.75, 3.05) is 32.2 Å². The Morgan fingerprint density at radius 2 is 1.90 bits per heavy atom. The van der Waals surface area contributed by atoms with Crippen LogP contribution in [0.5, 0.6) is 17.2 Å². The summed E-state index contributed by atoms with van der Waals surface area (Å²) < 4.78 is 16.3. The normalized spacial score (nSPS) is 15.3. The minimum absolute atomic E-state index is 0.0400. The standard InChI is InChI=1S/C22H26N2O5/c1-4-17-22(26)24(16-7-5-6-8-18(16)29-17)14-21(25)23-12-11-15-9-10-19(27-2)20(13-15)28-3/h5-10,13,17H,4,11-12,14H2,1-3H3,(H,23,25)/t17-/m0/s1. The lowest BCUT2D eigenvalue weighted by Crippen LogP contribution is -2.49. The highest BCUT2D eigenvalue weighted by Gasteiger charge is 2.34. The van der Waals surface area contributed by atoms with Crippen molar-refractivity contribution >= 4 is 17.5 Å².